The number of alkyl halides is 2. The zero-order valence-electron chi connectivity index (χ0n) is 10.5. The molecule has 3 nitrogen and oxygen atoms in total. The molecule has 1 atom stereocenters. The van der Waals surface area contributed by atoms with Crippen LogP contribution < -0.4 is 11.1 Å². The van der Waals surface area contributed by atoms with Crippen LogP contribution in [0.5, 0.6) is 0 Å². The lowest BCUT2D eigenvalue weighted by Gasteiger charge is -2.17. The molecule has 100 valence electrons. The van der Waals surface area contributed by atoms with E-state index in [4.69, 9.17) is 5.73 Å². The van der Waals surface area contributed by atoms with Crippen molar-refractivity contribution in [2.45, 2.75) is 26.3 Å². The summed E-state index contributed by atoms with van der Waals surface area (Å²) in [7, 11) is 0. The van der Waals surface area contributed by atoms with Crippen molar-refractivity contribution >= 4 is 5.91 Å². The fourth-order valence-corrected chi connectivity index (χ4v) is 1.57. The largest absolute Gasteiger partial charge is 0.368 e. The normalized spacial score (nSPS) is 13.0. The molecule has 0 aliphatic carbocycles. The summed E-state index contributed by atoms with van der Waals surface area (Å²) in [5, 5.41) is 3.02. The highest BCUT2D eigenvalue weighted by molar-refractivity contribution is 5.81. The number of nitrogens with two attached hydrogens (primary N) is 1. The fraction of sp³-hybridized carbons (Fsp3) is 0.462. The number of carbonyl (C=O) groups is 1. The Morgan fingerprint density at radius 3 is 2.11 bits per heavy atom. The molecule has 1 rings (SSSR count). The minimum atomic E-state index is -2.50. The molecule has 0 radical (unpaired) electrons. The number of benzene rings is 1. The van der Waals surface area contributed by atoms with Crippen molar-refractivity contribution in [3.63, 3.8) is 0 Å². The van der Waals surface area contributed by atoms with Gasteiger partial charge >= 0.3 is 0 Å². The Kier molecular flexibility index (Phi) is 5.22. The van der Waals surface area contributed by atoms with Crippen LogP contribution in [-0.4, -0.2) is 12.5 Å². The third-order valence-electron chi connectivity index (χ3n) is 2.54. The van der Waals surface area contributed by atoms with Crippen molar-refractivity contribution in [3.05, 3.63) is 35.4 Å². The first-order chi connectivity index (χ1) is 8.41. The molecule has 0 aromatic heterocycles. The number of primary amides is 1. The highest BCUT2D eigenvalue weighted by Gasteiger charge is 2.18. The first-order valence-electron chi connectivity index (χ1n) is 5.82. The second-order valence-corrected chi connectivity index (χ2v) is 4.60. The lowest BCUT2D eigenvalue weighted by atomic mass is 10.0. The third kappa shape index (κ3) is 4.07. The Hall–Kier alpha value is -1.49. The van der Waals surface area contributed by atoms with Gasteiger partial charge < -0.3 is 11.1 Å². The molecule has 5 heteroatoms. The molecular formula is C13H18F2N2O. The summed E-state index contributed by atoms with van der Waals surface area (Å²) in [5.41, 5.74) is 5.84. The van der Waals surface area contributed by atoms with Gasteiger partial charge in [0, 0.05) is 5.56 Å². The summed E-state index contributed by atoms with van der Waals surface area (Å²) in [6, 6.07) is 4.99. The minimum Gasteiger partial charge on any atom is -0.368 e. The second kappa shape index (κ2) is 6.44. The third-order valence-corrected chi connectivity index (χ3v) is 2.54. The molecule has 0 spiro atoms. The first-order valence-corrected chi connectivity index (χ1v) is 5.82. The van der Waals surface area contributed by atoms with Gasteiger partial charge in [-0.15, -0.1) is 0 Å². The lowest BCUT2D eigenvalue weighted by molar-refractivity contribution is -0.120. The van der Waals surface area contributed by atoms with Gasteiger partial charge in [-0.2, -0.15) is 0 Å². The van der Waals surface area contributed by atoms with Crippen LogP contribution in [0.4, 0.5) is 8.78 Å². The van der Waals surface area contributed by atoms with Gasteiger partial charge in [-0.3, -0.25) is 4.79 Å². The number of nitrogens with one attached hydrogen (secondary N) is 1. The van der Waals surface area contributed by atoms with Crippen molar-refractivity contribution in [1.29, 1.82) is 0 Å². The zero-order chi connectivity index (χ0) is 13.7. The Morgan fingerprint density at radius 1 is 1.22 bits per heavy atom. The fourth-order valence-electron chi connectivity index (χ4n) is 1.57. The van der Waals surface area contributed by atoms with Crippen LogP contribution in [0.25, 0.3) is 0 Å². The van der Waals surface area contributed by atoms with Gasteiger partial charge in [-0.05, 0) is 18.0 Å². The average molecular weight is 256 g/mol. The van der Waals surface area contributed by atoms with Crippen molar-refractivity contribution in [2.75, 3.05) is 6.54 Å². The summed E-state index contributed by atoms with van der Waals surface area (Å²) in [4.78, 5) is 11.3. The zero-order valence-corrected chi connectivity index (χ0v) is 10.5. The van der Waals surface area contributed by atoms with E-state index in [1.165, 1.54) is 24.3 Å². The number of carbonyl (C=O) groups excluding carboxylic acids is 1. The van der Waals surface area contributed by atoms with Crippen molar-refractivity contribution in [3.8, 4) is 0 Å². The molecule has 0 heterocycles. The summed E-state index contributed by atoms with van der Waals surface area (Å²) >= 11 is 0. The van der Waals surface area contributed by atoms with Gasteiger partial charge in [0.2, 0.25) is 5.91 Å². The van der Waals surface area contributed by atoms with Gasteiger partial charge in [0.25, 0.3) is 6.43 Å². The van der Waals surface area contributed by atoms with E-state index in [0.29, 0.717) is 18.0 Å². The molecule has 1 aromatic rings. The van der Waals surface area contributed by atoms with Crippen molar-refractivity contribution in [1.82, 2.24) is 5.32 Å². The maximum absolute atomic E-state index is 12.4. The van der Waals surface area contributed by atoms with Crippen molar-refractivity contribution < 1.29 is 13.6 Å². The molecular weight excluding hydrogens is 238 g/mol. The molecule has 1 unspecified atom stereocenters. The van der Waals surface area contributed by atoms with E-state index < -0.39 is 18.4 Å². The van der Waals surface area contributed by atoms with E-state index in [0.717, 1.165) is 0 Å². The molecule has 0 aliphatic heterocycles. The van der Waals surface area contributed by atoms with Crippen LogP contribution in [-0.2, 0) is 4.79 Å². The van der Waals surface area contributed by atoms with Crippen molar-refractivity contribution in [2.24, 2.45) is 11.7 Å². The molecule has 3 N–H and O–H groups in total. The smallest absolute Gasteiger partial charge is 0.263 e. The summed E-state index contributed by atoms with van der Waals surface area (Å²) in [6.45, 7) is 4.64. The molecule has 1 amide bonds. The number of amides is 1. The molecule has 1 aromatic carbocycles. The second-order valence-electron chi connectivity index (χ2n) is 4.60. The molecule has 0 saturated carbocycles. The molecule has 18 heavy (non-hydrogen) atoms. The van der Waals surface area contributed by atoms with Crippen LogP contribution in [0.15, 0.2) is 24.3 Å². The number of rotatable bonds is 6. The van der Waals surface area contributed by atoms with Gasteiger partial charge in [0.1, 0.15) is 6.04 Å². The van der Waals surface area contributed by atoms with E-state index >= 15 is 0 Å². The maximum Gasteiger partial charge on any atom is 0.263 e. The van der Waals surface area contributed by atoms with Gasteiger partial charge in [0.15, 0.2) is 0 Å². The highest BCUT2D eigenvalue weighted by Crippen LogP contribution is 2.21. The quantitative estimate of drug-likeness (QED) is 0.821. The molecule has 0 bridgehead atoms. The molecule has 0 fully saturated rings. The number of halogens is 2. The summed E-state index contributed by atoms with van der Waals surface area (Å²) in [6.07, 6.45) is -2.50. The SMILES string of the molecule is CC(C)CNC(C(N)=O)c1ccc(C(F)F)cc1. The monoisotopic (exact) mass is 256 g/mol. The van der Waals surface area contributed by atoms with Gasteiger partial charge in [-0.1, -0.05) is 38.1 Å². The Labute approximate surface area is 105 Å². The maximum atomic E-state index is 12.4. The predicted molar refractivity (Wildman–Crippen MR) is 66.2 cm³/mol. The van der Waals surface area contributed by atoms with E-state index in [1.807, 2.05) is 13.8 Å². The van der Waals surface area contributed by atoms with Crippen LogP contribution >= 0.6 is 0 Å². The Balaban J connectivity index is 2.82. The van der Waals surface area contributed by atoms with Crippen LogP contribution in [0.1, 0.15) is 37.4 Å². The Morgan fingerprint density at radius 2 is 1.72 bits per heavy atom. The minimum absolute atomic E-state index is 0.0640. The average Bonchev–Trinajstić information content (AvgIpc) is 2.29. The van der Waals surface area contributed by atoms with E-state index in [2.05, 4.69) is 5.32 Å². The topological polar surface area (TPSA) is 55.1 Å². The molecule has 0 saturated heterocycles. The Bertz CT molecular complexity index is 390. The number of hydrogen-bond donors (Lipinski definition) is 2. The van der Waals surface area contributed by atoms with Crippen LogP contribution in [0, 0.1) is 5.92 Å². The van der Waals surface area contributed by atoms with Gasteiger partial charge in [0.05, 0.1) is 0 Å². The van der Waals surface area contributed by atoms with Gasteiger partial charge in [-0.25, -0.2) is 8.78 Å². The summed E-state index contributed by atoms with van der Waals surface area (Å²) in [5.74, 6) is -0.146. The van der Waals surface area contributed by atoms with E-state index in [9.17, 15) is 13.6 Å². The van der Waals surface area contributed by atoms with Crippen LogP contribution in [0.2, 0.25) is 0 Å². The highest BCUT2D eigenvalue weighted by atomic mass is 19.3. The molecule has 0 aliphatic rings. The van der Waals surface area contributed by atoms with Crippen LogP contribution in [0.3, 0.4) is 0 Å². The lowest BCUT2D eigenvalue weighted by Crippen LogP contribution is -2.35. The standard InChI is InChI=1S/C13H18F2N2O/c1-8(2)7-17-11(13(16)18)9-3-5-10(6-4-9)12(14)15/h3-6,8,11-12,17H,7H2,1-2H3,(H2,16,18). The predicted octanol–water partition coefficient (Wildman–Crippen LogP) is 2.40. The number of hydrogen-bond acceptors (Lipinski definition) is 2. The van der Waals surface area contributed by atoms with E-state index in [-0.39, 0.29) is 5.56 Å². The van der Waals surface area contributed by atoms with E-state index in [1.54, 1.807) is 0 Å². The first kappa shape index (κ1) is 14.6. The summed E-state index contributed by atoms with van der Waals surface area (Å²) < 4.78 is 24.8.